The van der Waals surface area contributed by atoms with Gasteiger partial charge >= 0.3 is 5.97 Å². The van der Waals surface area contributed by atoms with Crippen molar-refractivity contribution in [3.05, 3.63) is 77.8 Å². The molecule has 0 radical (unpaired) electrons. The quantitative estimate of drug-likeness (QED) is 0.118. The van der Waals surface area contributed by atoms with Crippen LogP contribution in [0.4, 0.5) is 13.2 Å². The van der Waals surface area contributed by atoms with Crippen molar-refractivity contribution >= 4 is 41.4 Å². The van der Waals surface area contributed by atoms with Gasteiger partial charge < -0.3 is 36.0 Å². The lowest BCUT2D eigenvalue weighted by Gasteiger charge is -2.43. The maximum Gasteiger partial charge on any atom is 0.321 e. The zero-order valence-corrected chi connectivity index (χ0v) is 32.7. The number of aromatic nitrogens is 2. The number of nitrogens with two attached hydrogens (primary N) is 1. The zero-order valence-electron chi connectivity index (χ0n) is 31.9. The third-order valence-corrected chi connectivity index (χ3v) is 11.4. The second kappa shape index (κ2) is 18.7. The number of carboxylic acid groups (broad SMARTS) is 1. The van der Waals surface area contributed by atoms with Crippen LogP contribution >= 0.6 is 11.8 Å². The average Bonchev–Trinajstić information content (AvgIpc) is 3.83. The number of aliphatic carboxylic acids is 1. The number of nitrogens with zero attached hydrogens (tertiary/aromatic N) is 4. The summed E-state index contributed by atoms with van der Waals surface area (Å²) in [4.78, 5) is 71.6. The van der Waals surface area contributed by atoms with Gasteiger partial charge in [-0.25, -0.2) is 18.2 Å². The monoisotopic (exact) mass is 815 g/mol. The molecule has 2 saturated heterocycles. The fraction of sp³-hybridized carbons (Fsp3) is 0.487. The highest BCUT2D eigenvalue weighted by molar-refractivity contribution is 8.00. The van der Waals surface area contributed by atoms with Gasteiger partial charge in [-0.05, 0) is 30.7 Å². The molecule has 1 unspecified atom stereocenters. The molecule has 3 heterocycles. The molecular weight excluding hydrogens is 768 g/mol. The van der Waals surface area contributed by atoms with Gasteiger partial charge in [-0.1, -0.05) is 44.2 Å². The molecular formula is C39H48F3N7O7S. The minimum Gasteiger partial charge on any atom is -0.480 e. The second-order valence-electron chi connectivity index (χ2n) is 15.1. The predicted molar refractivity (Wildman–Crippen MR) is 205 cm³/mol. The number of carbonyl (C=O) groups is 5. The van der Waals surface area contributed by atoms with Crippen LogP contribution < -0.4 is 16.4 Å². The maximum atomic E-state index is 15.2. The van der Waals surface area contributed by atoms with Crippen LogP contribution in [-0.4, -0.2) is 121 Å². The molecule has 0 aliphatic carbocycles. The Morgan fingerprint density at radius 1 is 1.14 bits per heavy atom. The van der Waals surface area contributed by atoms with E-state index in [0.717, 1.165) is 40.4 Å². The van der Waals surface area contributed by atoms with E-state index in [0.29, 0.717) is 0 Å². The molecule has 6 atom stereocenters. The van der Waals surface area contributed by atoms with Crippen molar-refractivity contribution in [1.82, 2.24) is 30.0 Å². The zero-order chi connectivity index (χ0) is 41.6. The highest BCUT2D eigenvalue weighted by atomic mass is 32.2. The van der Waals surface area contributed by atoms with Gasteiger partial charge in [0.15, 0.2) is 0 Å². The van der Waals surface area contributed by atoms with Gasteiger partial charge in [0.25, 0.3) is 5.91 Å². The van der Waals surface area contributed by atoms with E-state index < -0.39 is 82.2 Å². The molecule has 18 heteroatoms. The number of benzene rings is 2. The van der Waals surface area contributed by atoms with Crippen LogP contribution in [0.1, 0.15) is 51.0 Å². The normalized spacial score (nSPS) is 20.1. The summed E-state index contributed by atoms with van der Waals surface area (Å²) < 4.78 is 46.6. The summed E-state index contributed by atoms with van der Waals surface area (Å²) in [7, 11) is 0. The van der Waals surface area contributed by atoms with Gasteiger partial charge in [-0.2, -0.15) is 0 Å². The van der Waals surface area contributed by atoms with Gasteiger partial charge in [0.1, 0.15) is 35.8 Å². The number of nitrogens with one attached hydrogen (secondary N) is 2. The van der Waals surface area contributed by atoms with Crippen molar-refractivity contribution in [2.75, 3.05) is 38.5 Å². The molecule has 308 valence electrons. The standard InChI is InChI=1S/C39H48F3N7O7S/c1-22(50)36(53)49(19-24-16-44-17-28(24)42)34(35-46-30(26-13-25(40)9-10-27(26)41)20-47(35)18-23-7-5-4-6-8-23)39(2,3)15-32(51)45-11-12-48-33(52)14-31(37(48)54)57-21-29(43)38(55)56/h4-10,13,20,22,24,28-29,31,34,44,50H,11-12,14-19,21,43H2,1-3H3,(H,45,51)(H,55,56)/t22-,24-,28-,29-,31?,34-/m0/s1. The molecule has 57 heavy (non-hydrogen) atoms. The topological polar surface area (TPSA) is 200 Å². The Morgan fingerprint density at radius 2 is 1.86 bits per heavy atom. The number of imide groups is 1. The summed E-state index contributed by atoms with van der Waals surface area (Å²) in [6.45, 7) is 4.66. The summed E-state index contributed by atoms with van der Waals surface area (Å²) in [6.07, 6.45) is -1.77. The molecule has 0 spiro atoms. The first-order valence-electron chi connectivity index (χ1n) is 18.6. The van der Waals surface area contributed by atoms with Crippen LogP contribution in [0.15, 0.2) is 54.7 Å². The number of carboxylic acids is 1. The van der Waals surface area contributed by atoms with Crippen molar-refractivity contribution in [1.29, 1.82) is 0 Å². The number of likely N-dealkylation sites (tertiary alicyclic amines) is 1. The Morgan fingerprint density at radius 3 is 2.51 bits per heavy atom. The van der Waals surface area contributed by atoms with E-state index in [1.807, 2.05) is 30.3 Å². The highest BCUT2D eigenvalue weighted by Crippen LogP contribution is 2.43. The molecule has 5 rings (SSSR count). The van der Waals surface area contributed by atoms with Gasteiger partial charge in [0, 0.05) is 81.0 Å². The second-order valence-corrected chi connectivity index (χ2v) is 16.3. The van der Waals surface area contributed by atoms with Crippen LogP contribution in [0.25, 0.3) is 11.3 Å². The minimum absolute atomic E-state index is 0.0416. The number of halogens is 3. The van der Waals surface area contributed by atoms with E-state index in [4.69, 9.17) is 15.8 Å². The fourth-order valence-electron chi connectivity index (χ4n) is 7.17. The summed E-state index contributed by atoms with van der Waals surface area (Å²) in [5.74, 6) is -5.56. The van der Waals surface area contributed by atoms with Crippen molar-refractivity contribution in [3.8, 4) is 11.3 Å². The summed E-state index contributed by atoms with van der Waals surface area (Å²) >= 11 is 0.976. The molecule has 2 aromatic carbocycles. The number of rotatable bonds is 18. The lowest BCUT2D eigenvalue weighted by atomic mass is 9.78. The van der Waals surface area contributed by atoms with E-state index in [1.54, 1.807) is 18.4 Å². The lowest BCUT2D eigenvalue weighted by Crippen LogP contribution is -2.50. The third-order valence-electron chi connectivity index (χ3n) is 10.1. The number of thioether (sulfide) groups is 1. The van der Waals surface area contributed by atoms with Crippen molar-refractivity contribution in [3.63, 3.8) is 0 Å². The van der Waals surface area contributed by atoms with Gasteiger partial charge in [0.2, 0.25) is 17.7 Å². The summed E-state index contributed by atoms with van der Waals surface area (Å²) in [6, 6.07) is 9.75. The minimum atomic E-state index is -1.54. The van der Waals surface area contributed by atoms with E-state index >= 15 is 8.78 Å². The Kier molecular flexibility index (Phi) is 14.2. The number of alkyl halides is 1. The SMILES string of the molecule is C[C@H](O)C(=O)N(C[C@@H]1CNC[C@@H]1F)[C@@H](c1nc(-c2cc(F)ccc2F)cn1Cc1ccccc1)C(C)(C)CC(=O)NCCN1C(=O)CC(SC[C@H](N)C(=O)O)C1=O. The molecule has 4 amide bonds. The van der Waals surface area contributed by atoms with Gasteiger partial charge in [-0.15, -0.1) is 11.8 Å². The first-order valence-corrected chi connectivity index (χ1v) is 19.6. The number of imidazole rings is 1. The number of hydrogen-bond donors (Lipinski definition) is 5. The third kappa shape index (κ3) is 10.6. The Hall–Kier alpha value is -4.78. The van der Waals surface area contributed by atoms with E-state index in [9.17, 15) is 33.5 Å². The highest BCUT2D eigenvalue weighted by Gasteiger charge is 2.45. The number of aliphatic hydroxyl groups is 1. The number of aliphatic hydroxyl groups excluding tert-OH is 1. The first-order chi connectivity index (χ1) is 27.0. The molecule has 0 saturated carbocycles. The van der Waals surface area contributed by atoms with E-state index in [2.05, 4.69) is 10.6 Å². The molecule has 1 aromatic heterocycles. The molecule has 6 N–H and O–H groups in total. The Balaban J connectivity index is 1.47. The van der Waals surface area contributed by atoms with Crippen molar-refractivity contribution in [2.24, 2.45) is 17.1 Å². The molecule has 0 bridgehead atoms. The lowest BCUT2D eigenvalue weighted by molar-refractivity contribution is -0.147. The molecule has 2 aliphatic rings. The maximum absolute atomic E-state index is 15.2. The van der Waals surface area contributed by atoms with E-state index in [-0.39, 0.29) is 74.9 Å². The molecule has 2 fully saturated rings. The van der Waals surface area contributed by atoms with Gasteiger partial charge in [-0.3, -0.25) is 28.9 Å². The molecule has 3 aromatic rings. The van der Waals surface area contributed by atoms with Crippen LogP contribution in [0.5, 0.6) is 0 Å². The predicted octanol–water partition coefficient (Wildman–Crippen LogP) is 2.49. The van der Waals surface area contributed by atoms with Crippen LogP contribution in [-0.2, 0) is 30.5 Å². The number of amides is 4. The fourth-order valence-corrected chi connectivity index (χ4v) is 8.29. The van der Waals surface area contributed by atoms with Crippen LogP contribution in [0.3, 0.4) is 0 Å². The Bertz CT molecular complexity index is 1950. The van der Waals surface area contributed by atoms with Gasteiger partial charge in [0.05, 0.1) is 17.0 Å². The average molecular weight is 816 g/mol. The molecule has 2 aliphatic heterocycles. The molecule has 14 nitrogen and oxygen atoms in total. The van der Waals surface area contributed by atoms with E-state index in [1.165, 1.54) is 18.0 Å². The van der Waals surface area contributed by atoms with Crippen molar-refractivity contribution < 1.29 is 47.4 Å². The summed E-state index contributed by atoms with van der Waals surface area (Å²) in [5, 5.41) is 24.7. The Labute approximate surface area is 332 Å². The van der Waals surface area contributed by atoms with Crippen molar-refractivity contribution in [2.45, 2.75) is 69.8 Å². The van der Waals surface area contributed by atoms with Crippen LogP contribution in [0.2, 0.25) is 0 Å². The number of hydrogen-bond acceptors (Lipinski definition) is 10. The van der Waals surface area contributed by atoms with Crippen LogP contribution in [0, 0.1) is 23.0 Å². The smallest absolute Gasteiger partial charge is 0.321 e. The largest absolute Gasteiger partial charge is 0.480 e. The summed E-state index contributed by atoms with van der Waals surface area (Å²) in [5.41, 5.74) is 4.99. The first kappa shape index (κ1) is 43.3. The number of carbonyl (C=O) groups excluding carboxylic acids is 4.